The Labute approximate surface area is 207 Å². The second-order valence-electron chi connectivity index (χ2n) is 9.12. The summed E-state index contributed by atoms with van der Waals surface area (Å²) in [7, 11) is -3.77. The molecule has 0 spiro atoms. The molecule has 16 heteroatoms. The van der Waals surface area contributed by atoms with Gasteiger partial charge in [0.05, 0.1) is 17.7 Å². The lowest BCUT2D eigenvalue weighted by molar-refractivity contribution is -0.156. The lowest BCUT2D eigenvalue weighted by atomic mass is 9.78. The summed E-state index contributed by atoms with van der Waals surface area (Å²) in [5, 5.41) is 21.9. The molecule has 5 N–H and O–H groups in total. The minimum absolute atomic E-state index is 0.0591. The molecule has 14 nitrogen and oxygen atoms in total. The maximum Gasteiger partial charge on any atom is 0.274 e. The van der Waals surface area contributed by atoms with Crippen LogP contribution in [0.1, 0.15) is 27.2 Å². The standard InChI is InChI=1S/C19H29N9O5S2/c1-9-16-15(10(2)24-14(30)7-27-8-22-25-26-27)19(31)28(16)17(11(3)29)18(9)34-13-4-12(21-6-13)5-23-35(20,32)33/h8-10,12-13,15-16,21,23H,4-7H2,1-3H3,(H,24,30)(H2,20,32,33)/t9?,10-,12+,13+,15-,16-/m1/s1. The minimum atomic E-state index is -3.77. The van der Waals surface area contributed by atoms with Gasteiger partial charge in [-0.25, -0.2) is 14.5 Å². The molecule has 0 saturated carbocycles. The number of carbonyl (C=O) groups excluding carboxylic acids is 3. The number of thioether (sulfide) groups is 1. The summed E-state index contributed by atoms with van der Waals surface area (Å²) in [6, 6.07) is -0.734. The number of ketones is 1. The van der Waals surface area contributed by atoms with Crippen molar-refractivity contribution in [1.82, 2.24) is 40.5 Å². The van der Waals surface area contributed by atoms with Crippen molar-refractivity contribution in [1.29, 1.82) is 0 Å². The maximum atomic E-state index is 13.1. The van der Waals surface area contributed by atoms with E-state index in [1.807, 2.05) is 6.92 Å². The Hall–Kier alpha value is -2.40. The third-order valence-corrected chi connectivity index (χ3v) is 8.63. The van der Waals surface area contributed by atoms with E-state index in [4.69, 9.17) is 5.14 Å². The number of aromatic nitrogens is 4. The Bertz CT molecular complexity index is 1140. The zero-order valence-electron chi connectivity index (χ0n) is 19.5. The predicted octanol–water partition coefficient (Wildman–Crippen LogP) is -2.29. The number of nitrogens with two attached hydrogens (primary N) is 1. The van der Waals surface area contributed by atoms with Gasteiger partial charge in [-0.2, -0.15) is 8.42 Å². The van der Waals surface area contributed by atoms with Crippen molar-refractivity contribution in [3.05, 3.63) is 16.9 Å². The van der Waals surface area contributed by atoms with E-state index >= 15 is 0 Å². The van der Waals surface area contributed by atoms with E-state index in [9.17, 15) is 22.8 Å². The number of carbonyl (C=O) groups is 3. The number of tetrazole rings is 1. The van der Waals surface area contributed by atoms with E-state index in [0.717, 1.165) is 4.91 Å². The average molecular weight is 528 g/mol. The van der Waals surface area contributed by atoms with Gasteiger partial charge in [-0.3, -0.25) is 14.4 Å². The fourth-order valence-electron chi connectivity index (χ4n) is 5.04. The van der Waals surface area contributed by atoms with Crippen LogP contribution in [0.15, 0.2) is 16.9 Å². The summed E-state index contributed by atoms with van der Waals surface area (Å²) >= 11 is 1.56. The molecule has 1 aromatic heterocycles. The molecule has 0 radical (unpaired) electrons. The molecule has 2 fully saturated rings. The molecule has 0 bridgehead atoms. The van der Waals surface area contributed by atoms with Gasteiger partial charge in [0.1, 0.15) is 12.9 Å². The summed E-state index contributed by atoms with van der Waals surface area (Å²) < 4.78 is 25.9. The van der Waals surface area contributed by atoms with Crippen molar-refractivity contribution in [2.45, 2.75) is 57.1 Å². The number of allylic oxidation sites excluding steroid dienone is 1. The van der Waals surface area contributed by atoms with Crippen molar-refractivity contribution in [2.24, 2.45) is 17.0 Å². The van der Waals surface area contributed by atoms with Crippen LogP contribution in [0, 0.1) is 11.8 Å². The fourth-order valence-corrected chi connectivity index (χ4v) is 7.05. The van der Waals surface area contributed by atoms with Crippen molar-refractivity contribution in [3.63, 3.8) is 0 Å². The average Bonchev–Trinajstić information content (AvgIpc) is 3.47. The highest BCUT2D eigenvalue weighted by Crippen LogP contribution is 2.52. The molecule has 1 unspecified atom stereocenters. The molecular formula is C19H29N9O5S2. The Kier molecular flexibility index (Phi) is 7.28. The van der Waals surface area contributed by atoms with E-state index in [2.05, 4.69) is 30.9 Å². The van der Waals surface area contributed by atoms with Gasteiger partial charge >= 0.3 is 0 Å². The van der Waals surface area contributed by atoms with Gasteiger partial charge in [-0.15, -0.1) is 16.9 Å². The summed E-state index contributed by atoms with van der Waals surface area (Å²) in [5.41, 5.74) is 0.423. The minimum Gasteiger partial charge on any atom is -0.351 e. The van der Waals surface area contributed by atoms with Crippen LogP contribution in [-0.2, 0) is 31.1 Å². The first-order chi connectivity index (χ1) is 16.5. The summed E-state index contributed by atoms with van der Waals surface area (Å²) in [4.78, 5) is 40.5. The Balaban J connectivity index is 1.41. The van der Waals surface area contributed by atoms with E-state index in [1.165, 1.54) is 17.9 Å². The van der Waals surface area contributed by atoms with E-state index < -0.39 is 22.2 Å². The highest BCUT2D eigenvalue weighted by Gasteiger charge is 2.59. The zero-order chi connectivity index (χ0) is 25.5. The first kappa shape index (κ1) is 25.7. The number of hydrogen-bond donors (Lipinski definition) is 4. The number of rotatable bonds is 10. The fraction of sp³-hybridized carbons (Fsp3) is 0.684. The Morgan fingerprint density at radius 1 is 1.40 bits per heavy atom. The van der Waals surface area contributed by atoms with Crippen LogP contribution >= 0.6 is 11.8 Å². The van der Waals surface area contributed by atoms with E-state index in [0.29, 0.717) is 18.7 Å². The largest absolute Gasteiger partial charge is 0.351 e. The van der Waals surface area contributed by atoms with Gasteiger partial charge in [0.25, 0.3) is 10.2 Å². The summed E-state index contributed by atoms with van der Waals surface area (Å²) in [6.07, 6.45) is 2.01. The molecular weight excluding hydrogens is 498 g/mol. The molecule has 0 aromatic carbocycles. The normalized spacial score (nSPS) is 29.2. The molecule has 3 aliphatic heterocycles. The molecule has 2 amide bonds. The molecule has 1 aromatic rings. The van der Waals surface area contributed by atoms with Gasteiger partial charge in [0.2, 0.25) is 11.8 Å². The smallest absolute Gasteiger partial charge is 0.274 e. The van der Waals surface area contributed by atoms with Crippen LogP contribution in [0.5, 0.6) is 0 Å². The first-order valence-electron chi connectivity index (χ1n) is 11.2. The topological polar surface area (TPSA) is 194 Å². The van der Waals surface area contributed by atoms with Crippen molar-refractivity contribution in [2.75, 3.05) is 13.1 Å². The third kappa shape index (κ3) is 5.40. The molecule has 0 aliphatic carbocycles. The second-order valence-corrected chi connectivity index (χ2v) is 11.8. The SMILES string of the molecule is CC(=O)C1=C(S[C@@H]2CN[C@H](CNS(N)(=O)=O)C2)C(C)[C@@H]2[C@@H]([C@@H](C)NC(=O)Cn3cnnn3)C(=O)N12. The number of nitrogens with zero attached hydrogens (tertiary/aromatic N) is 5. The lowest BCUT2D eigenvalue weighted by Crippen LogP contribution is -2.66. The Morgan fingerprint density at radius 3 is 2.77 bits per heavy atom. The van der Waals surface area contributed by atoms with Gasteiger partial charge in [-0.05, 0) is 23.8 Å². The van der Waals surface area contributed by atoms with Crippen molar-refractivity contribution in [3.8, 4) is 0 Å². The lowest BCUT2D eigenvalue weighted by Gasteiger charge is -2.48. The number of nitrogens with one attached hydrogen (secondary N) is 3. The zero-order valence-corrected chi connectivity index (χ0v) is 21.2. The summed E-state index contributed by atoms with van der Waals surface area (Å²) in [5.74, 6) is -1.21. The summed E-state index contributed by atoms with van der Waals surface area (Å²) in [6.45, 7) is 5.99. The highest BCUT2D eigenvalue weighted by molar-refractivity contribution is 8.03. The quantitative estimate of drug-likeness (QED) is 0.241. The van der Waals surface area contributed by atoms with Gasteiger partial charge in [-0.1, -0.05) is 6.92 Å². The number of hydrogen-bond acceptors (Lipinski definition) is 10. The van der Waals surface area contributed by atoms with Gasteiger partial charge in [0, 0.05) is 48.2 Å². The van der Waals surface area contributed by atoms with Crippen LogP contribution in [-0.4, -0.2) is 87.6 Å². The van der Waals surface area contributed by atoms with E-state index in [-0.39, 0.29) is 53.9 Å². The van der Waals surface area contributed by atoms with Crippen molar-refractivity contribution >= 4 is 39.6 Å². The van der Waals surface area contributed by atoms with Gasteiger partial charge in [0.15, 0.2) is 5.78 Å². The monoisotopic (exact) mass is 527 g/mol. The molecule has 4 rings (SSSR count). The Morgan fingerprint density at radius 2 is 2.14 bits per heavy atom. The van der Waals surface area contributed by atoms with Crippen LogP contribution < -0.4 is 20.5 Å². The van der Waals surface area contributed by atoms with Crippen molar-refractivity contribution < 1.29 is 22.8 Å². The molecule has 2 saturated heterocycles. The van der Waals surface area contributed by atoms with Crippen LogP contribution in [0.4, 0.5) is 0 Å². The van der Waals surface area contributed by atoms with E-state index in [1.54, 1.807) is 23.6 Å². The number of amides is 2. The third-order valence-electron chi connectivity index (χ3n) is 6.55. The number of fused-ring (bicyclic) bond motifs is 1. The predicted molar refractivity (Wildman–Crippen MR) is 125 cm³/mol. The highest BCUT2D eigenvalue weighted by atomic mass is 32.2. The molecule has 4 heterocycles. The molecule has 6 atom stereocenters. The van der Waals surface area contributed by atoms with Crippen LogP contribution in [0.25, 0.3) is 0 Å². The first-order valence-corrected chi connectivity index (χ1v) is 13.6. The van der Waals surface area contributed by atoms with Gasteiger partial charge < -0.3 is 15.5 Å². The number of β-lactam (4-membered cyclic amide) rings is 1. The van der Waals surface area contributed by atoms with Crippen LogP contribution in [0.2, 0.25) is 0 Å². The molecule has 3 aliphatic rings. The maximum absolute atomic E-state index is 13.1. The molecule has 35 heavy (non-hydrogen) atoms. The number of Topliss-reactive ketones (excluding diaryl/α,β-unsaturated/α-hetero) is 1. The molecule has 192 valence electrons. The second kappa shape index (κ2) is 9.93. The van der Waals surface area contributed by atoms with Crippen LogP contribution in [0.3, 0.4) is 0 Å².